The predicted molar refractivity (Wildman–Crippen MR) is 83.4 cm³/mol. The van der Waals surface area contributed by atoms with E-state index in [0.717, 1.165) is 12.1 Å². The van der Waals surface area contributed by atoms with Crippen LogP contribution >= 0.6 is 0 Å². The van der Waals surface area contributed by atoms with Crippen LogP contribution in [0.15, 0.2) is 35.5 Å². The maximum absolute atomic E-state index is 8.76. The summed E-state index contributed by atoms with van der Waals surface area (Å²) in [7, 11) is 0. The molecule has 0 amide bonds. The lowest BCUT2D eigenvalue weighted by Gasteiger charge is -2.19. The molecule has 116 valence electrons. The molecule has 0 saturated heterocycles. The molecule has 0 bridgehead atoms. The molecule has 2 rings (SSSR count). The first-order valence-corrected chi connectivity index (χ1v) is 7.66. The number of nitrogens with two attached hydrogens (primary N) is 1. The van der Waals surface area contributed by atoms with Crippen molar-refractivity contribution in [1.82, 2.24) is 5.32 Å². The second-order valence-corrected chi connectivity index (χ2v) is 5.49. The number of nitrogens with zero attached hydrogens (tertiary/aromatic N) is 1. The first kappa shape index (κ1) is 15.8. The van der Waals surface area contributed by atoms with E-state index in [9.17, 15) is 0 Å². The highest BCUT2D eigenvalue weighted by Gasteiger charge is 2.16. The fourth-order valence-electron chi connectivity index (χ4n) is 2.76. The lowest BCUT2D eigenvalue weighted by atomic mass is 10.0. The van der Waals surface area contributed by atoms with E-state index in [4.69, 9.17) is 15.7 Å². The molecule has 5 heteroatoms. The molecule has 1 fully saturated rings. The Bertz CT molecular complexity index is 430. The van der Waals surface area contributed by atoms with Gasteiger partial charge in [-0.3, -0.25) is 0 Å². The third-order valence-corrected chi connectivity index (χ3v) is 3.89. The van der Waals surface area contributed by atoms with Crippen LogP contribution in [0.1, 0.15) is 43.7 Å². The summed E-state index contributed by atoms with van der Waals surface area (Å²) in [5, 5.41) is 15.3. The fourth-order valence-corrected chi connectivity index (χ4v) is 2.76. The van der Waals surface area contributed by atoms with Gasteiger partial charge in [-0.15, -0.1) is 0 Å². The number of oxime groups is 1. The molecule has 1 aliphatic carbocycles. The van der Waals surface area contributed by atoms with Crippen LogP contribution in [-0.2, 0) is 4.74 Å². The number of benzene rings is 1. The van der Waals surface area contributed by atoms with Crippen molar-refractivity contribution in [3.05, 3.63) is 35.9 Å². The van der Waals surface area contributed by atoms with Gasteiger partial charge in [-0.25, -0.2) is 0 Å². The number of hydrogen-bond acceptors (Lipinski definition) is 4. The van der Waals surface area contributed by atoms with Crippen LogP contribution < -0.4 is 11.1 Å². The fraction of sp³-hybridized carbons (Fsp3) is 0.562. The van der Waals surface area contributed by atoms with Gasteiger partial charge in [0, 0.05) is 19.0 Å². The minimum Gasteiger partial charge on any atom is -0.409 e. The Morgan fingerprint density at radius 2 is 2.05 bits per heavy atom. The van der Waals surface area contributed by atoms with E-state index < -0.39 is 0 Å². The van der Waals surface area contributed by atoms with Gasteiger partial charge < -0.3 is 21.0 Å². The Hall–Kier alpha value is -1.59. The van der Waals surface area contributed by atoms with Crippen molar-refractivity contribution in [3.63, 3.8) is 0 Å². The summed E-state index contributed by atoms with van der Waals surface area (Å²) in [4.78, 5) is 0. The summed E-state index contributed by atoms with van der Waals surface area (Å²) in [6, 6.07) is 10.1. The Morgan fingerprint density at radius 1 is 1.33 bits per heavy atom. The Labute approximate surface area is 126 Å². The van der Waals surface area contributed by atoms with Crippen molar-refractivity contribution in [1.29, 1.82) is 0 Å². The number of nitrogens with one attached hydrogen (secondary N) is 1. The van der Waals surface area contributed by atoms with E-state index >= 15 is 0 Å². The molecule has 1 atom stereocenters. The monoisotopic (exact) mass is 291 g/mol. The normalized spacial score (nSPS) is 18.0. The van der Waals surface area contributed by atoms with Gasteiger partial charge in [-0.2, -0.15) is 0 Å². The molecule has 4 N–H and O–H groups in total. The van der Waals surface area contributed by atoms with Gasteiger partial charge in [0.25, 0.3) is 0 Å². The minimum absolute atomic E-state index is 0.0364. The predicted octanol–water partition coefficient (Wildman–Crippen LogP) is 2.41. The van der Waals surface area contributed by atoms with Gasteiger partial charge in [-0.1, -0.05) is 48.3 Å². The third kappa shape index (κ3) is 5.36. The Balaban J connectivity index is 1.81. The molecule has 0 aliphatic heterocycles. The second kappa shape index (κ2) is 8.64. The van der Waals surface area contributed by atoms with Gasteiger partial charge in [0.15, 0.2) is 0 Å². The molecule has 1 unspecified atom stereocenters. The van der Waals surface area contributed by atoms with Crippen molar-refractivity contribution in [2.24, 2.45) is 10.9 Å². The topological polar surface area (TPSA) is 79.9 Å². The zero-order valence-electron chi connectivity index (χ0n) is 12.4. The van der Waals surface area contributed by atoms with Gasteiger partial charge in [0.1, 0.15) is 5.84 Å². The Morgan fingerprint density at radius 3 is 2.71 bits per heavy atom. The van der Waals surface area contributed by atoms with Crippen LogP contribution in [0.5, 0.6) is 0 Å². The quantitative estimate of drug-likeness (QED) is 0.226. The van der Waals surface area contributed by atoms with E-state index in [1.54, 1.807) is 0 Å². The van der Waals surface area contributed by atoms with E-state index in [0.29, 0.717) is 19.1 Å². The average molecular weight is 291 g/mol. The van der Waals surface area contributed by atoms with Gasteiger partial charge in [0.05, 0.1) is 12.7 Å². The molecule has 21 heavy (non-hydrogen) atoms. The highest BCUT2D eigenvalue weighted by atomic mass is 16.5. The van der Waals surface area contributed by atoms with Crippen molar-refractivity contribution >= 4 is 5.84 Å². The smallest absolute Gasteiger partial charge is 0.141 e. The SMILES string of the molecule is NC(CC(NCCOC1CCCC1)c1ccccc1)=NO. The van der Waals surface area contributed by atoms with Crippen LogP contribution in [0, 0.1) is 0 Å². The zero-order chi connectivity index (χ0) is 14.9. The molecule has 1 saturated carbocycles. The molecule has 5 nitrogen and oxygen atoms in total. The summed E-state index contributed by atoms with van der Waals surface area (Å²) < 4.78 is 5.85. The van der Waals surface area contributed by atoms with Gasteiger partial charge in [-0.05, 0) is 18.4 Å². The second-order valence-electron chi connectivity index (χ2n) is 5.49. The first-order chi connectivity index (χ1) is 10.3. The summed E-state index contributed by atoms with van der Waals surface area (Å²) in [5.74, 6) is 0.230. The minimum atomic E-state index is 0.0364. The summed E-state index contributed by atoms with van der Waals surface area (Å²) in [6.45, 7) is 1.46. The first-order valence-electron chi connectivity index (χ1n) is 7.66. The molecule has 1 aromatic carbocycles. The van der Waals surface area contributed by atoms with Crippen LogP contribution in [0.3, 0.4) is 0 Å². The van der Waals surface area contributed by atoms with Crippen LogP contribution in [0.2, 0.25) is 0 Å². The summed E-state index contributed by atoms with van der Waals surface area (Å²) in [5.41, 5.74) is 6.77. The lowest BCUT2D eigenvalue weighted by Crippen LogP contribution is -2.30. The number of amidine groups is 1. The molecule has 1 aromatic rings. The van der Waals surface area contributed by atoms with Crippen molar-refractivity contribution in [2.45, 2.75) is 44.2 Å². The standard InChI is InChI=1S/C16H25N3O2/c17-16(19-20)12-15(13-6-2-1-3-7-13)18-10-11-21-14-8-4-5-9-14/h1-3,6-7,14-15,18,20H,4-5,8-12H2,(H2,17,19). The molecular formula is C16H25N3O2. The van der Waals surface area contributed by atoms with Crippen molar-refractivity contribution < 1.29 is 9.94 Å². The van der Waals surface area contributed by atoms with Gasteiger partial charge in [0.2, 0.25) is 0 Å². The number of hydrogen-bond donors (Lipinski definition) is 3. The van der Waals surface area contributed by atoms with Crippen LogP contribution in [-0.4, -0.2) is 30.3 Å². The molecular weight excluding hydrogens is 266 g/mol. The maximum atomic E-state index is 8.76. The average Bonchev–Trinajstić information content (AvgIpc) is 3.04. The highest BCUT2D eigenvalue weighted by Crippen LogP contribution is 2.21. The highest BCUT2D eigenvalue weighted by molar-refractivity contribution is 5.80. The van der Waals surface area contributed by atoms with E-state index in [2.05, 4.69) is 10.5 Å². The summed E-state index contributed by atoms with van der Waals surface area (Å²) >= 11 is 0. The lowest BCUT2D eigenvalue weighted by molar-refractivity contribution is 0.0592. The number of ether oxygens (including phenoxy) is 1. The largest absolute Gasteiger partial charge is 0.409 e. The van der Waals surface area contributed by atoms with Crippen LogP contribution in [0.25, 0.3) is 0 Å². The molecule has 0 spiro atoms. The van der Waals surface area contributed by atoms with Crippen LogP contribution in [0.4, 0.5) is 0 Å². The number of rotatable bonds is 8. The molecule has 0 aromatic heterocycles. The van der Waals surface area contributed by atoms with Crippen molar-refractivity contribution in [2.75, 3.05) is 13.2 Å². The van der Waals surface area contributed by atoms with Crippen molar-refractivity contribution in [3.8, 4) is 0 Å². The third-order valence-electron chi connectivity index (χ3n) is 3.89. The maximum Gasteiger partial charge on any atom is 0.141 e. The van der Waals surface area contributed by atoms with E-state index in [1.165, 1.54) is 25.7 Å². The molecule has 0 radical (unpaired) electrons. The summed E-state index contributed by atoms with van der Waals surface area (Å²) in [6.07, 6.45) is 5.86. The molecule has 1 aliphatic rings. The van der Waals surface area contributed by atoms with Gasteiger partial charge >= 0.3 is 0 Å². The zero-order valence-corrected chi connectivity index (χ0v) is 12.4. The Kier molecular flexibility index (Phi) is 6.50. The van der Waals surface area contributed by atoms with E-state index in [1.807, 2.05) is 30.3 Å². The van der Waals surface area contributed by atoms with E-state index in [-0.39, 0.29) is 11.9 Å². The molecule has 0 heterocycles.